The van der Waals surface area contributed by atoms with Crippen molar-refractivity contribution in [2.24, 2.45) is 0 Å². The largest absolute Gasteiger partial charge is 0.497 e. The summed E-state index contributed by atoms with van der Waals surface area (Å²) in [5.74, 6) is 0.294. The topological polar surface area (TPSA) is 31.2 Å². The van der Waals surface area contributed by atoms with Crippen LogP contribution in [0.25, 0.3) is 10.9 Å². The summed E-state index contributed by atoms with van der Waals surface area (Å²) in [5, 5.41) is 0.826. The van der Waals surface area contributed by atoms with Crippen molar-refractivity contribution < 1.29 is 22.7 Å². The van der Waals surface area contributed by atoms with E-state index in [1.165, 1.54) is 16.7 Å². The maximum absolute atomic E-state index is 12.7. The third-order valence-corrected chi connectivity index (χ3v) is 3.85. The monoisotopic (exact) mass is 333 g/mol. The molecule has 3 rings (SSSR count). The molecule has 0 bridgehead atoms. The van der Waals surface area contributed by atoms with Crippen LogP contribution in [0.15, 0.2) is 48.5 Å². The highest BCUT2D eigenvalue weighted by Crippen LogP contribution is 2.30. The van der Waals surface area contributed by atoms with Gasteiger partial charge in [-0.2, -0.15) is 13.2 Å². The quantitative estimate of drug-likeness (QED) is 0.683. The molecule has 1 heterocycles. The predicted octanol–water partition coefficient (Wildman–Crippen LogP) is 4.67. The van der Waals surface area contributed by atoms with Crippen LogP contribution in [0.4, 0.5) is 13.2 Å². The number of carbonyl (C=O) groups is 1. The van der Waals surface area contributed by atoms with E-state index in [1.807, 2.05) is 6.07 Å². The average Bonchev–Trinajstić information content (AvgIpc) is 2.88. The Balaban J connectivity index is 2.04. The molecule has 0 fully saturated rings. The van der Waals surface area contributed by atoms with Gasteiger partial charge < -0.3 is 4.74 Å². The highest BCUT2D eigenvalue weighted by molar-refractivity contribution is 6.03. The Bertz CT molecular complexity index is 908. The normalized spacial score (nSPS) is 11.7. The fraction of sp³-hybridized carbons (Fsp3) is 0.167. The highest BCUT2D eigenvalue weighted by Gasteiger charge is 2.30. The van der Waals surface area contributed by atoms with Gasteiger partial charge in [0.1, 0.15) is 5.75 Å². The second-order valence-corrected chi connectivity index (χ2v) is 5.43. The minimum absolute atomic E-state index is 0.194. The molecule has 3 aromatic rings. The number of aryl methyl sites for hydroxylation is 1. The minimum Gasteiger partial charge on any atom is -0.497 e. The van der Waals surface area contributed by atoms with Crippen molar-refractivity contribution in [2.45, 2.75) is 13.1 Å². The molecule has 0 saturated carbocycles. The van der Waals surface area contributed by atoms with Gasteiger partial charge in [-0.15, -0.1) is 0 Å². The first-order valence-electron chi connectivity index (χ1n) is 7.19. The molecule has 0 saturated heterocycles. The summed E-state index contributed by atoms with van der Waals surface area (Å²) in [4.78, 5) is 12.7. The van der Waals surface area contributed by atoms with Gasteiger partial charge in [0.15, 0.2) is 0 Å². The van der Waals surface area contributed by atoms with Crippen molar-refractivity contribution in [1.82, 2.24) is 4.57 Å². The molecule has 0 unspecified atom stereocenters. The van der Waals surface area contributed by atoms with Gasteiger partial charge in [-0.05, 0) is 55.5 Å². The number of rotatable bonds is 2. The molecule has 3 nitrogen and oxygen atoms in total. The van der Waals surface area contributed by atoms with E-state index < -0.39 is 11.7 Å². The summed E-state index contributed by atoms with van der Waals surface area (Å²) in [6.45, 7) is 1.77. The number of ether oxygens (including phenoxy) is 1. The van der Waals surface area contributed by atoms with Gasteiger partial charge in [0, 0.05) is 16.6 Å². The van der Waals surface area contributed by atoms with Gasteiger partial charge in [-0.25, -0.2) is 0 Å². The first-order valence-corrected chi connectivity index (χ1v) is 7.19. The van der Waals surface area contributed by atoms with Crippen molar-refractivity contribution >= 4 is 16.8 Å². The number of hydrogen-bond acceptors (Lipinski definition) is 2. The lowest BCUT2D eigenvalue weighted by Gasteiger charge is -2.10. The summed E-state index contributed by atoms with van der Waals surface area (Å²) >= 11 is 0. The minimum atomic E-state index is -4.42. The van der Waals surface area contributed by atoms with Crippen LogP contribution in [0.1, 0.15) is 21.6 Å². The fourth-order valence-corrected chi connectivity index (χ4v) is 2.66. The van der Waals surface area contributed by atoms with Crippen LogP contribution < -0.4 is 4.74 Å². The molecule has 0 aliphatic carbocycles. The van der Waals surface area contributed by atoms with E-state index in [1.54, 1.807) is 32.2 Å². The number of hydrogen-bond donors (Lipinski definition) is 0. The molecule has 0 aliphatic heterocycles. The molecule has 6 heteroatoms. The van der Waals surface area contributed by atoms with Crippen molar-refractivity contribution in [3.8, 4) is 5.75 Å². The SMILES string of the molecule is COc1ccc2c(c1)cc(C)n2C(=O)c1ccc(C(F)(F)F)cc1. The van der Waals surface area contributed by atoms with E-state index in [-0.39, 0.29) is 11.5 Å². The number of halogens is 3. The number of alkyl halides is 3. The van der Waals surface area contributed by atoms with E-state index >= 15 is 0 Å². The van der Waals surface area contributed by atoms with E-state index in [2.05, 4.69) is 0 Å². The van der Waals surface area contributed by atoms with Crippen LogP contribution in [0.5, 0.6) is 5.75 Å². The number of nitrogens with zero attached hydrogens (tertiary/aromatic N) is 1. The molecule has 0 spiro atoms. The smallest absolute Gasteiger partial charge is 0.416 e. The standard InChI is InChI=1S/C18H14F3NO2/c1-11-9-13-10-15(24-2)7-8-16(13)22(11)17(23)12-3-5-14(6-4-12)18(19,20)21/h3-10H,1-2H3. The van der Waals surface area contributed by atoms with Crippen molar-refractivity contribution in [3.63, 3.8) is 0 Å². The molecule has 0 radical (unpaired) electrons. The lowest BCUT2D eigenvalue weighted by Crippen LogP contribution is -2.14. The third-order valence-electron chi connectivity index (χ3n) is 3.85. The number of aromatic nitrogens is 1. The predicted molar refractivity (Wildman–Crippen MR) is 84.4 cm³/mol. The van der Waals surface area contributed by atoms with Crippen LogP contribution in [0, 0.1) is 6.92 Å². The van der Waals surface area contributed by atoms with Crippen molar-refractivity contribution in [2.75, 3.05) is 7.11 Å². The van der Waals surface area contributed by atoms with Gasteiger partial charge in [0.25, 0.3) is 5.91 Å². The Labute approximate surface area is 136 Å². The Morgan fingerprint density at radius 3 is 2.29 bits per heavy atom. The molecule has 0 amide bonds. The Hall–Kier alpha value is -2.76. The average molecular weight is 333 g/mol. The van der Waals surface area contributed by atoms with Crippen LogP contribution in [0.2, 0.25) is 0 Å². The van der Waals surface area contributed by atoms with Gasteiger partial charge in [-0.1, -0.05) is 0 Å². The van der Waals surface area contributed by atoms with E-state index in [4.69, 9.17) is 4.74 Å². The molecule has 0 aliphatic rings. The zero-order valence-corrected chi connectivity index (χ0v) is 13.0. The van der Waals surface area contributed by atoms with E-state index in [0.29, 0.717) is 17.0 Å². The number of fused-ring (bicyclic) bond motifs is 1. The second-order valence-electron chi connectivity index (χ2n) is 5.43. The molecule has 0 N–H and O–H groups in total. The molecular formula is C18H14F3NO2. The van der Waals surface area contributed by atoms with Crippen LogP contribution in [-0.2, 0) is 6.18 Å². The van der Waals surface area contributed by atoms with Crippen LogP contribution >= 0.6 is 0 Å². The summed E-state index contributed by atoms with van der Waals surface area (Å²) in [6, 6.07) is 11.3. The first-order chi connectivity index (χ1) is 11.3. The van der Waals surface area contributed by atoms with Gasteiger partial charge in [-0.3, -0.25) is 9.36 Å². The van der Waals surface area contributed by atoms with Crippen LogP contribution in [-0.4, -0.2) is 17.6 Å². The highest BCUT2D eigenvalue weighted by atomic mass is 19.4. The molecule has 2 aromatic carbocycles. The van der Waals surface area contributed by atoms with Gasteiger partial charge in [0.05, 0.1) is 18.2 Å². The number of benzene rings is 2. The van der Waals surface area contributed by atoms with Gasteiger partial charge in [0.2, 0.25) is 0 Å². The summed E-state index contributed by atoms with van der Waals surface area (Å²) < 4.78 is 44.6. The lowest BCUT2D eigenvalue weighted by atomic mass is 10.1. The molecule has 124 valence electrons. The zero-order chi connectivity index (χ0) is 17.5. The fourth-order valence-electron chi connectivity index (χ4n) is 2.66. The Morgan fingerprint density at radius 1 is 1.04 bits per heavy atom. The molecule has 0 atom stereocenters. The second kappa shape index (κ2) is 5.70. The van der Waals surface area contributed by atoms with Crippen molar-refractivity contribution in [3.05, 3.63) is 65.4 Å². The summed E-state index contributed by atoms with van der Waals surface area (Å²) in [7, 11) is 1.55. The van der Waals surface area contributed by atoms with E-state index in [9.17, 15) is 18.0 Å². The van der Waals surface area contributed by atoms with Gasteiger partial charge >= 0.3 is 6.18 Å². The molecule has 1 aromatic heterocycles. The Morgan fingerprint density at radius 2 is 1.71 bits per heavy atom. The van der Waals surface area contributed by atoms with E-state index in [0.717, 1.165) is 17.5 Å². The summed E-state index contributed by atoms with van der Waals surface area (Å²) in [6.07, 6.45) is -4.42. The maximum atomic E-state index is 12.7. The molecular weight excluding hydrogens is 319 g/mol. The maximum Gasteiger partial charge on any atom is 0.416 e. The number of carbonyl (C=O) groups excluding carboxylic acids is 1. The summed E-state index contributed by atoms with van der Waals surface area (Å²) in [5.41, 5.74) is 0.790. The first kappa shape index (κ1) is 16.1. The Kier molecular flexibility index (Phi) is 3.83. The third kappa shape index (κ3) is 2.75. The zero-order valence-electron chi connectivity index (χ0n) is 13.0. The lowest BCUT2D eigenvalue weighted by molar-refractivity contribution is -0.137. The van der Waals surface area contributed by atoms with Crippen LogP contribution in [0.3, 0.4) is 0 Å². The molecule has 24 heavy (non-hydrogen) atoms. The number of methoxy groups -OCH3 is 1. The van der Waals surface area contributed by atoms with Crippen molar-refractivity contribution in [1.29, 1.82) is 0 Å².